The van der Waals surface area contributed by atoms with E-state index in [1.807, 2.05) is 41.9 Å². The fraction of sp³-hybridized carbons (Fsp3) is 0.429. The maximum Gasteiger partial charge on any atom is 0.253 e. The third kappa shape index (κ3) is 4.48. The number of piperazine rings is 1. The number of aromatic nitrogens is 5. The predicted octanol–water partition coefficient (Wildman–Crippen LogP) is 3.86. The number of benzene rings is 2. The summed E-state index contributed by atoms with van der Waals surface area (Å²) >= 11 is 0. The zero-order valence-corrected chi connectivity index (χ0v) is 21.4. The van der Waals surface area contributed by atoms with Gasteiger partial charge in [-0.25, -0.2) is 4.68 Å². The molecule has 2 aromatic heterocycles. The molecule has 4 aromatic rings. The van der Waals surface area contributed by atoms with Gasteiger partial charge in [0.05, 0.1) is 18.7 Å². The van der Waals surface area contributed by atoms with Crippen LogP contribution in [0.2, 0.25) is 0 Å². The van der Waals surface area contributed by atoms with E-state index in [0.717, 1.165) is 67.1 Å². The number of fused-ring (bicyclic) bond motifs is 1. The number of hydrogen-bond donors (Lipinski definition) is 1. The molecular formula is C28H33N7O2. The van der Waals surface area contributed by atoms with E-state index in [2.05, 4.69) is 48.5 Å². The van der Waals surface area contributed by atoms with Crippen molar-refractivity contribution in [2.45, 2.75) is 44.7 Å². The molecule has 2 fully saturated rings. The number of H-pyrrole nitrogens is 1. The summed E-state index contributed by atoms with van der Waals surface area (Å²) in [5, 5.41) is 14.1. The minimum absolute atomic E-state index is 0.0784. The molecule has 9 nitrogen and oxygen atoms in total. The lowest BCUT2D eigenvalue weighted by Crippen LogP contribution is -2.49. The molecule has 0 spiro atoms. The van der Waals surface area contributed by atoms with Crippen molar-refractivity contribution in [1.29, 1.82) is 0 Å². The zero-order valence-electron chi connectivity index (χ0n) is 21.4. The summed E-state index contributed by atoms with van der Waals surface area (Å²) in [6, 6.07) is 16.3. The standard InChI is InChI=1S/C28H33N7O2/c1-19-6-5-7-20-18-24(28(36)29-25(19)20)26(27-30-31-32-35(27)22-8-3-4-9-22)34-16-14-33(15-17-34)21-10-12-23(37-2)13-11-21/h5-7,10-13,18,22,26H,3-4,8-9,14-17H2,1-2H3,(H,29,36)/t26-/m1/s1. The van der Waals surface area contributed by atoms with Crippen LogP contribution in [0.4, 0.5) is 5.69 Å². The number of nitrogens with one attached hydrogen (secondary N) is 1. The van der Waals surface area contributed by atoms with Gasteiger partial charge < -0.3 is 14.6 Å². The number of pyridine rings is 1. The zero-order chi connectivity index (χ0) is 25.4. The molecule has 9 heteroatoms. The van der Waals surface area contributed by atoms with Gasteiger partial charge in [-0.1, -0.05) is 31.0 Å². The highest BCUT2D eigenvalue weighted by atomic mass is 16.5. The van der Waals surface area contributed by atoms with Crippen LogP contribution in [0.3, 0.4) is 0 Å². The van der Waals surface area contributed by atoms with Gasteiger partial charge in [0.1, 0.15) is 11.8 Å². The number of aryl methyl sites for hydroxylation is 1. The second-order valence-electron chi connectivity index (χ2n) is 10.1. The molecule has 2 aliphatic rings. The number of rotatable bonds is 6. The SMILES string of the molecule is COc1ccc(N2CCN([C@H](c3cc4cccc(C)c4[nH]c3=O)c3nnnn3C3CCCC3)CC2)cc1. The predicted molar refractivity (Wildman–Crippen MR) is 143 cm³/mol. The normalized spacial score (nSPS) is 17.9. The van der Waals surface area contributed by atoms with Crippen molar-refractivity contribution >= 4 is 16.6 Å². The summed E-state index contributed by atoms with van der Waals surface area (Å²) in [4.78, 5) is 21.5. The number of anilines is 1. The van der Waals surface area contributed by atoms with Crippen molar-refractivity contribution < 1.29 is 4.74 Å². The van der Waals surface area contributed by atoms with Gasteiger partial charge in [-0.3, -0.25) is 9.69 Å². The summed E-state index contributed by atoms with van der Waals surface area (Å²) in [5.41, 5.74) is 3.73. The third-order valence-electron chi connectivity index (χ3n) is 7.96. The van der Waals surface area contributed by atoms with Crippen LogP contribution in [0.15, 0.2) is 53.3 Å². The van der Waals surface area contributed by atoms with Crippen LogP contribution in [0, 0.1) is 6.92 Å². The smallest absolute Gasteiger partial charge is 0.253 e. The van der Waals surface area contributed by atoms with Crippen molar-refractivity contribution in [3.8, 4) is 5.75 Å². The number of hydrogen-bond acceptors (Lipinski definition) is 7. The third-order valence-corrected chi connectivity index (χ3v) is 7.96. The van der Waals surface area contributed by atoms with Crippen LogP contribution in [0.5, 0.6) is 5.75 Å². The molecule has 1 aliphatic carbocycles. The fourth-order valence-corrected chi connectivity index (χ4v) is 5.92. The van der Waals surface area contributed by atoms with Gasteiger partial charge in [-0.05, 0) is 71.5 Å². The van der Waals surface area contributed by atoms with Crippen LogP contribution in [-0.4, -0.2) is 63.4 Å². The summed E-state index contributed by atoms with van der Waals surface area (Å²) < 4.78 is 7.31. The Kier molecular flexibility index (Phi) is 6.38. The van der Waals surface area contributed by atoms with E-state index >= 15 is 0 Å². The number of nitrogens with zero attached hydrogens (tertiary/aromatic N) is 6. The first-order chi connectivity index (χ1) is 18.1. The molecule has 1 atom stereocenters. The molecule has 1 saturated heterocycles. The molecule has 3 heterocycles. The van der Waals surface area contributed by atoms with E-state index in [0.29, 0.717) is 5.56 Å². The Balaban J connectivity index is 1.36. The molecule has 1 aliphatic heterocycles. The van der Waals surface area contributed by atoms with Crippen LogP contribution < -0.4 is 15.2 Å². The number of aromatic amines is 1. The molecule has 1 saturated carbocycles. The number of methoxy groups -OCH3 is 1. The van der Waals surface area contributed by atoms with Gasteiger partial charge in [-0.2, -0.15) is 0 Å². The molecule has 37 heavy (non-hydrogen) atoms. The molecule has 0 unspecified atom stereocenters. The van der Waals surface area contributed by atoms with Gasteiger partial charge in [0.25, 0.3) is 5.56 Å². The molecule has 1 N–H and O–H groups in total. The Morgan fingerprint density at radius 1 is 1.03 bits per heavy atom. The molecular weight excluding hydrogens is 466 g/mol. The lowest BCUT2D eigenvalue weighted by molar-refractivity contribution is 0.197. The van der Waals surface area contributed by atoms with Gasteiger partial charge in [0.2, 0.25) is 0 Å². The first kappa shape index (κ1) is 23.7. The molecule has 0 bridgehead atoms. The molecule has 192 valence electrons. The van der Waals surface area contributed by atoms with Crippen LogP contribution in [0.1, 0.15) is 54.7 Å². The Morgan fingerprint density at radius 3 is 2.51 bits per heavy atom. The summed E-state index contributed by atoms with van der Waals surface area (Å²) in [5.74, 6) is 1.62. The van der Waals surface area contributed by atoms with Crippen molar-refractivity contribution in [2.24, 2.45) is 0 Å². The Labute approximate surface area is 216 Å². The maximum atomic E-state index is 13.6. The monoisotopic (exact) mass is 499 g/mol. The molecule has 2 aromatic carbocycles. The average Bonchev–Trinajstić information content (AvgIpc) is 3.63. The van der Waals surface area contributed by atoms with Crippen LogP contribution in [0.25, 0.3) is 10.9 Å². The van der Waals surface area contributed by atoms with Gasteiger partial charge in [0.15, 0.2) is 5.82 Å². The highest BCUT2D eigenvalue weighted by Gasteiger charge is 2.34. The minimum atomic E-state index is -0.317. The Hall–Kier alpha value is -3.72. The van der Waals surface area contributed by atoms with Crippen molar-refractivity contribution in [3.05, 3.63) is 75.8 Å². The largest absolute Gasteiger partial charge is 0.497 e. The second kappa shape index (κ2) is 9.97. The van der Waals surface area contributed by atoms with Crippen molar-refractivity contribution in [2.75, 3.05) is 38.2 Å². The topological polar surface area (TPSA) is 92.2 Å². The second-order valence-corrected chi connectivity index (χ2v) is 10.1. The first-order valence-electron chi connectivity index (χ1n) is 13.2. The molecule has 6 rings (SSSR count). The van der Waals surface area contributed by atoms with E-state index in [9.17, 15) is 4.79 Å². The lowest BCUT2D eigenvalue weighted by Gasteiger charge is -2.39. The molecule has 0 radical (unpaired) electrons. The maximum absolute atomic E-state index is 13.6. The van der Waals surface area contributed by atoms with E-state index < -0.39 is 0 Å². The highest BCUT2D eigenvalue weighted by Crippen LogP contribution is 2.34. The van der Waals surface area contributed by atoms with E-state index in [-0.39, 0.29) is 17.6 Å². The van der Waals surface area contributed by atoms with E-state index in [1.54, 1.807) is 7.11 Å². The summed E-state index contributed by atoms with van der Waals surface area (Å²) in [7, 11) is 1.68. The lowest BCUT2D eigenvalue weighted by atomic mass is 10.0. The van der Waals surface area contributed by atoms with Gasteiger partial charge in [-0.15, -0.1) is 5.10 Å². The number of tetrazole rings is 1. The quantitative estimate of drug-likeness (QED) is 0.431. The fourth-order valence-electron chi connectivity index (χ4n) is 5.92. The summed E-state index contributed by atoms with van der Waals surface area (Å²) in [6.07, 6.45) is 4.52. The van der Waals surface area contributed by atoms with E-state index in [1.165, 1.54) is 18.5 Å². The number of para-hydroxylation sites is 1. The molecule has 0 amide bonds. The highest BCUT2D eigenvalue weighted by molar-refractivity contribution is 5.82. The Bertz CT molecular complexity index is 1430. The summed E-state index contributed by atoms with van der Waals surface area (Å²) in [6.45, 7) is 5.30. The Morgan fingerprint density at radius 2 is 1.78 bits per heavy atom. The van der Waals surface area contributed by atoms with Gasteiger partial charge in [0, 0.05) is 37.4 Å². The van der Waals surface area contributed by atoms with Crippen molar-refractivity contribution in [3.63, 3.8) is 0 Å². The average molecular weight is 500 g/mol. The van der Waals surface area contributed by atoms with Gasteiger partial charge >= 0.3 is 0 Å². The minimum Gasteiger partial charge on any atom is -0.497 e. The van der Waals surface area contributed by atoms with Crippen LogP contribution in [-0.2, 0) is 0 Å². The van der Waals surface area contributed by atoms with Crippen molar-refractivity contribution in [1.82, 2.24) is 30.1 Å². The van der Waals surface area contributed by atoms with Crippen LogP contribution >= 0.6 is 0 Å². The van der Waals surface area contributed by atoms with E-state index in [4.69, 9.17) is 4.74 Å². The number of ether oxygens (including phenoxy) is 1. The first-order valence-corrected chi connectivity index (χ1v) is 13.2.